The molecule has 3 fully saturated rings. The quantitative estimate of drug-likeness (QED) is 0.724. The van der Waals surface area contributed by atoms with E-state index in [0.29, 0.717) is 12.0 Å². The lowest BCUT2D eigenvalue weighted by Gasteiger charge is -2.36. The molecule has 2 aliphatic heterocycles. The van der Waals surface area contributed by atoms with Crippen LogP contribution in [-0.2, 0) is 0 Å². The normalized spacial score (nSPS) is 23.7. The van der Waals surface area contributed by atoms with Crippen LogP contribution in [0.5, 0.6) is 0 Å². The van der Waals surface area contributed by atoms with E-state index in [1.54, 1.807) is 11.0 Å². The standard InChI is InChI=1S/C23H26N6/c1-16-9-17(25-23-24-15-29(26-23)19-5-3-2-4-6-19)11-20(10-16)28-14-21-12-22(28)13-27(21)18-7-8-18/h2-6,9-11,15,18,21-22H,7-8,12-14H2,1H3,(H,25,26)/t21-,22?/m0/s1. The molecular formula is C23H26N6. The van der Waals surface area contributed by atoms with Crippen LogP contribution in [0.1, 0.15) is 24.8 Å². The maximum Gasteiger partial charge on any atom is 0.246 e. The number of benzene rings is 2. The second kappa shape index (κ2) is 6.59. The Morgan fingerprint density at radius 1 is 0.931 bits per heavy atom. The number of fused-ring (bicyclic) bond motifs is 2. The highest BCUT2D eigenvalue weighted by atomic mass is 15.4. The molecule has 6 nitrogen and oxygen atoms in total. The van der Waals surface area contributed by atoms with Crippen molar-refractivity contribution in [3.05, 3.63) is 60.4 Å². The first-order valence-corrected chi connectivity index (χ1v) is 10.6. The van der Waals surface area contributed by atoms with Gasteiger partial charge in [0.2, 0.25) is 5.95 Å². The number of anilines is 3. The minimum absolute atomic E-state index is 0.619. The summed E-state index contributed by atoms with van der Waals surface area (Å²) >= 11 is 0. The number of aryl methyl sites for hydroxylation is 1. The van der Waals surface area contributed by atoms with Crippen LogP contribution in [0.4, 0.5) is 17.3 Å². The van der Waals surface area contributed by atoms with Gasteiger partial charge in [0.25, 0.3) is 0 Å². The number of likely N-dealkylation sites (tertiary alicyclic amines) is 1. The van der Waals surface area contributed by atoms with Gasteiger partial charge in [0.05, 0.1) is 5.69 Å². The van der Waals surface area contributed by atoms with Crippen LogP contribution >= 0.6 is 0 Å². The molecular weight excluding hydrogens is 360 g/mol. The van der Waals surface area contributed by atoms with Gasteiger partial charge >= 0.3 is 0 Å². The maximum atomic E-state index is 4.58. The van der Waals surface area contributed by atoms with Crippen molar-refractivity contribution in [3.8, 4) is 5.69 Å². The van der Waals surface area contributed by atoms with Gasteiger partial charge < -0.3 is 10.2 Å². The van der Waals surface area contributed by atoms with Gasteiger partial charge in [-0.2, -0.15) is 4.98 Å². The number of aromatic nitrogens is 3. The molecule has 3 heterocycles. The van der Waals surface area contributed by atoms with Gasteiger partial charge in [0.15, 0.2) is 0 Å². The molecule has 6 heteroatoms. The van der Waals surface area contributed by atoms with E-state index in [1.165, 1.54) is 37.1 Å². The predicted octanol–water partition coefficient (Wildman–Crippen LogP) is 3.74. The molecule has 29 heavy (non-hydrogen) atoms. The third kappa shape index (κ3) is 3.17. The molecule has 1 saturated carbocycles. The molecule has 2 aromatic carbocycles. The number of nitrogens with one attached hydrogen (secondary N) is 1. The highest BCUT2D eigenvalue weighted by Crippen LogP contribution is 2.41. The van der Waals surface area contributed by atoms with E-state index >= 15 is 0 Å². The Hall–Kier alpha value is -2.86. The lowest BCUT2D eigenvalue weighted by Crippen LogP contribution is -2.47. The number of nitrogens with zero attached hydrogens (tertiary/aromatic N) is 5. The van der Waals surface area contributed by atoms with Crippen molar-refractivity contribution >= 4 is 17.3 Å². The lowest BCUT2D eigenvalue weighted by atomic mass is 10.1. The third-order valence-corrected chi connectivity index (χ3v) is 6.46. The molecule has 2 atom stereocenters. The number of rotatable bonds is 5. The first-order chi connectivity index (χ1) is 14.2. The highest BCUT2D eigenvalue weighted by Gasteiger charge is 2.48. The smallest absolute Gasteiger partial charge is 0.246 e. The number of hydrogen-bond acceptors (Lipinski definition) is 5. The summed E-state index contributed by atoms with van der Waals surface area (Å²) in [4.78, 5) is 9.81. The molecule has 0 spiro atoms. The van der Waals surface area contributed by atoms with E-state index in [9.17, 15) is 0 Å². The zero-order chi connectivity index (χ0) is 19.4. The van der Waals surface area contributed by atoms with Gasteiger partial charge in [0.1, 0.15) is 6.33 Å². The van der Waals surface area contributed by atoms with E-state index in [4.69, 9.17) is 0 Å². The zero-order valence-corrected chi connectivity index (χ0v) is 16.7. The summed E-state index contributed by atoms with van der Waals surface area (Å²) in [6, 6.07) is 19.1. The fourth-order valence-electron chi connectivity index (χ4n) is 5.02. The highest BCUT2D eigenvalue weighted by molar-refractivity contribution is 5.65. The van der Waals surface area contributed by atoms with Crippen LogP contribution in [0.25, 0.3) is 5.69 Å². The second-order valence-corrected chi connectivity index (χ2v) is 8.65. The van der Waals surface area contributed by atoms with E-state index in [0.717, 1.165) is 30.0 Å². The first kappa shape index (κ1) is 17.0. The van der Waals surface area contributed by atoms with Gasteiger partial charge in [-0.25, -0.2) is 4.68 Å². The van der Waals surface area contributed by atoms with Crippen LogP contribution in [0, 0.1) is 6.92 Å². The fourth-order valence-corrected chi connectivity index (χ4v) is 5.02. The first-order valence-electron chi connectivity index (χ1n) is 10.6. The average Bonchev–Trinajstić information content (AvgIpc) is 3.15. The average molecular weight is 387 g/mol. The summed E-state index contributed by atoms with van der Waals surface area (Å²) in [6.07, 6.45) is 5.88. The van der Waals surface area contributed by atoms with Gasteiger partial charge in [-0.05, 0) is 62.1 Å². The summed E-state index contributed by atoms with van der Waals surface area (Å²) in [5, 5.41) is 7.98. The Morgan fingerprint density at radius 2 is 1.79 bits per heavy atom. The van der Waals surface area contributed by atoms with Crippen molar-refractivity contribution in [2.24, 2.45) is 0 Å². The van der Waals surface area contributed by atoms with Gasteiger partial charge in [-0.15, -0.1) is 5.10 Å². The monoisotopic (exact) mass is 386 g/mol. The van der Waals surface area contributed by atoms with Crippen LogP contribution < -0.4 is 10.2 Å². The summed E-state index contributed by atoms with van der Waals surface area (Å²) < 4.78 is 1.80. The number of para-hydroxylation sites is 1. The Balaban J connectivity index is 1.21. The van der Waals surface area contributed by atoms with Crippen molar-refractivity contribution < 1.29 is 0 Å². The molecule has 0 amide bonds. The third-order valence-electron chi connectivity index (χ3n) is 6.46. The molecule has 2 saturated heterocycles. The molecule has 0 radical (unpaired) electrons. The summed E-state index contributed by atoms with van der Waals surface area (Å²) in [6.45, 7) is 4.55. The SMILES string of the molecule is Cc1cc(Nc2ncn(-c3ccccc3)n2)cc(N2C[C@@H]3CC2CN3C2CC2)c1. The van der Waals surface area contributed by atoms with Crippen molar-refractivity contribution in [2.45, 2.75) is 44.3 Å². The van der Waals surface area contributed by atoms with E-state index < -0.39 is 0 Å². The maximum absolute atomic E-state index is 4.58. The van der Waals surface area contributed by atoms with E-state index in [1.807, 2.05) is 30.3 Å². The minimum Gasteiger partial charge on any atom is -0.366 e. The minimum atomic E-state index is 0.619. The van der Waals surface area contributed by atoms with Crippen LogP contribution in [0.2, 0.25) is 0 Å². The molecule has 3 aliphatic rings. The molecule has 1 N–H and O–H groups in total. The molecule has 2 bridgehead atoms. The van der Waals surface area contributed by atoms with Crippen molar-refractivity contribution in [1.82, 2.24) is 19.7 Å². The van der Waals surface area contributed by atoms with Gasteiger partial charge in [0, 0.05) is 42.6 Å². The summed E-state index contributed by atoms with van der Waals surface area (Å²) in [5.41, 5.74) is 4.63. The Labute approximate surface area is 171 Å². The molecule has 1 unspecified atom stereocenters. The summed E-state index contributed by atoms with van der Waals surface area (Å²) in [7, 11) is 0. The van der Waals surface area contributed by atoms with E-state index in [2.05, 4.69) is 50.3 Å². The van der Waals surface area contributed by atoms with Gasteiger partial charge in [-0.1, -0.05) is 18.2 Å². The molecule has 1 aromatic heterocycles. The molecule has 3 aromatic rings. The Bertz CT molecular complexity index is 1020. The topological polar surface area (TPSA) is 49.2 Å². The van der Waals surface area contributed by atoms with Crippen LogP contribution in [0.15, 0.2) is 54.9 Å². The van der Waals surface area contributed by atoms with Crippen molar-refractivity contribution in [3.63, 3.8) is 0 Å². The van der Waals surface area contributed by atoms with Gasteiger partial charge in [-0.3, -0.25) is 4.90 Å². The molecule has 1 aliphatic carbocycles. The lowest BCUT2D eigenvalue weighted by molar-refractivity contribution is 0.229. The largest absolute Gasteiger partial charge is 0.366 e. The molecule has 6 rings (SSSR count). The van der Waals surface area contributed by atoms with Crippen LogP contribution in [-0.4, -0.2) is 50.9 Å². The molecule has 148 valence electrons. The number of piperazine rings is 1. The van der Waals surface area contributed by atoms with Crippen LogP contribution in [0.3, 0.4) is 0 Å². The van der Waals surface area contributed by atoms with Crippen molar-refractivity contribution in [1.29, 1.82) is 0 Å². The Morgan fingerprint density at radius 3 is 2.55 bits per heavy atom. The second-order valence-electron chi connectivity index (χ2n) is 8.65. The van der Waals surface area contributed by atoms with E-state index in [-0.39, 0.29) is 0 Å². The fraction of sp³-hybridized carbons (Fsp3) is 0.391. The Kier molecular flexibility index (Phi) is 3.87. The summed E-state index contributed by atoms with van der Waals surface area (Å²) in [5.74, 6) is 0.619. The van der Waals surface area contributed by atoms with Crippen molar-refractivity contribution in [2.75, 3.05) is 23.3 Å². The predicted molar refractivity (Wildman–Crippen MR) is 115 cm³/mol. The number of hydrogen-bond donors (Lipinski definition) is 1. The zero-order valence-electron chi connectivity index (χ0n) is 16.7.